The summed E-state index contributed by atoms with van der Waals surface area (Å²) in [6.07, 6.45) is 2.50. The molecule has 1 aliphatic rings. The summed E-state index contributed by atoms with van der Waals surface area (Å²) in [6, 6.07) is 16.3. The zero-order valence-electron chi connectivity index (χ0n) is 18.4. The molecule has 2 heterocycles. The average molecular weight is 486 g/mol. The quantitative estimate of drug-likeness (QED) is 0.507. The van der Waals surface area contributed by atoms with Crippen molar-refractivity contribution in [2.24, 2.45) is 5.92 Å². The molecule has 0 unspecified atom stereocenters. The Morgan fingerprint density at radius 3 is 2.45 bits per heavy atom. The maximum atomic E-state index is 12.6. The van der Waals surface area contributed by atoms with E-state index in [9.17, 15) is 13.2 Å². The van der Waals surface area contributed by atoms with Gasteiger partial charge in [-0.1, -0.05) is 30.3 Å². The number of carbonyl (C=O) groups is 1. The molecular weight excluding hydrogens is 458 g/mol. The largest absolute Gasteiger partial charge is 0.347 e. The van der Waals surface area contributed by atoms with Gasteiger partial charge in [0.15, 0.2) is 0 Å². The monoisotopic (exact) mass is 485 g/mol. The number of piperidine rings is 1. The number of rotatable bonds is 8. The third kappa shape index (κ3) is 6.37. The fourth-order valence-electron chi connectivity index (χ4n) is 3.78. The van der Waals surface area contributed by atoms with E-state index in [1.54, 1.807) is 12.1 Å². The predicted molar refractivity (Wildman–Crippen MR) is 130 cm³/mol. The Balaban J connectivity index is 1.26. The molecule has 3 aromatic rings. The lowest BCUT2D eigenvalue weighted by atomic mass is 9.97. The molecule has 0 aliphatic carbocycles. The molecule has 0 atom stereocenters. The number of carbonyl (C=O) groups excluding carboxylic acids is 1. The van der Waals surface area contributed by atoms with Crippen molar-refractivity contribution in [3.05, 3.63) is 66.0 Å². The first-order chi connectivity index (χ1) is 15.9. The maximum Gasteiger partial charge on any atom is 0.240 e. The summed E-state index contributed by atoms with van der Waals surface area (Å²) in [5.41, 5.74) is 1.76. The van der Waals surface area contributed by atoms with E-state index >= 15 is 0 Å². The number of nitrogens with zero attached hydrogens (tertiary/aromatic N) is 3. The smallest absolute Gasteiger partial charge is 0.240 e. The van der Waals surface area contributed by atoms with Gasteiger partial charge < -0.3 is 10.2 Å². The highest BCUT2D eigenvalue weighted by molar-refractivity contribution is 7.89. The molecular formula is C23H27N5O3S2. The fraction of sp³-hybridized carbons (Fsp3) is 0.348. The Morgan fingerprint density at radius 2 is 1.79 bits per heavy atom. The molecule has 8 nitrogen and oxygen atoms in total. The Morgan fingerprint density at radius 1 is 1.09 bits per heavy atom. The number of sulfonamides is 1. The van der Waals surface area contributed by atoms with Crippen molar-refractivity contribution in [2.45, 2.75) is 31.1 Å². The van der Waals surface area contributed by atoms with Gasteiger partial charge in [-0.3, -0.25) is 4.79 Å². The Labute approximate surface area is 198 Å². The summed E-state index contributed by atoms with van der Waals surface area (Å²) >= 11 is 1.42. The molecule has 1 fully saturated rings. The van der Waals surface area contributed by atoms with E-state index in [0.29, 0.717) is 12.2 Å². The molecule has 2 N–H and O–H groups in total. The second-order valence-electron chi connectivity index (χ2n) is 8.14. The molecule has 1 amide bonds. The summed E-state index contributed by atoms with van der Waals surface area (Å²) in [5.74, 6) is 0.906. The van der Waals surface area contributed by atoms with Gasteiger partial charge in [0.05, 0.1) is 4.90 Å². The number of hydrogen-bond donors (Lipinski definition) is 2. The highest BCUT2D eigenvalue weighted by Crippen LogP contribution is 2.25. The Bertz CT molecular complexity index is 1170. The van der Waals surface area contributed by atoms with Crippen LogP contribution in [0.15, 0.2) is 59.5 Å². The Kier molecular flexibility index (Phi) is 7.36. The third-order valence-electron chi connectivity index (χ3n) is 5.59. The van der Waals surface area contributed by atoms with Crippen molar-refractivity contribution in [1.29, 1.82) is 0 Å². The minimum Gasteiger partial charge on any atom is -0.347 e. The zero-order valence-corrected chi connectivity index (χ0v) is 20.0. The van der Waals surface area contributed by atoms with Crippen LogP contribution in [0.4, 0.5) is 10.8 Å². The lowest BCUT2D eigenvalue weighted by Crippen LogP contribution is -2.38. The van der Waals surface area contributed by atoms with Crippen molar-refractivity contribution in [1.82, 2.24) is 14.1 Å². The summed E-state index contributed by atoms with van der Waals surface area (Å²) in [6.45, 7) is 3.47. The summed E-state index contributed by atoms with van der Waals surface area (Å²) in [4.78, 5) is 18.2. The topological polar surface area (TPSA) is 104 Å². The number of aromatic nitrogens is 2. The van der Waals surface area contributed by atoms with Crippen molar-refractivity contribution < 1.29 is 13.2 Å². The van der Waals surface area contributed by atoms with Crippen LogP contribution in [0.2, 0.25) is 0 Å². The van der Waals surface area contributed by atoms with Gasteiger partial charge in [-0.2, -0.15) is 4.37 Å². The molecule has 1 aliphatic heterocycles. The van der Waals surface area contributed by atoms with Crippen molar-refractivity contribution in [3.63, 3.8) is 0 Å². The Hall–Kier alpha value is -2.82. The van der Waals surface area contributed by atoms with Crippen LogP contribution in [0.1, 0.15) is 31.2 Å². The summed E-state index contributed by atoms with van der Waals surface area (Å²) in [5, 5.41) is 3.56. The molecule has 33 heavy (non-hydrogen) atoms. The number of hydrogen-bond acceptors (Lipinski definition) is 7. The molecule has 0 spiro atoms. The van der Waals surface area contributed by atoms with E-state index in [-0.39, 0.29) is 16.7 Å². The minimum absolute atomic E-state index is 0.189. The van der Waals surface area contributed by atoms with Crippen molar-refractivity contribution >= 4 is 38.3 Å². The first-order valence-corrected chi connectivity index (χ1v) is 13.1. The third-order valence-corrected chi connectivity index (χ3v) is 7.85. The molecule has 2 aromatic carbocycles. The van der Waals surface area contributed by atoms with Crippen LogP contribution in [0.25, 0.3) is 0 Å². The van der Waals surface area contributed by atoms with E-state index < -0.39 is 10.0 Å². The van der Waals surface area contributed by atoms with E-state index in [0.717, 1.165) is 43.3 Å². The van der Waals surface area contributed by atoms with Crippen molar-refractivity contribution in [2.75, 3.05) is 29.9 Å². The zero-order chi connectivity index (χ0) is 23.3. The van der Waals surface area contributed by atoms with Crippen LogP contribution in [-0.2, 0) is 21.2 Å². The standard InChI is InChI=1S/C23H27N5O3S2/c1-17(29)25-20-7-9-21(10-8-20)33(30,31)24-16-19-11-13-28(14-12-19)23-26-22(27-32-23)15-18-5-3-2-4-6-18/h2-10,19,24H,11-16H2,1H3,(H,25,29). The predicted octanol–water partition coefficient (Wildman–Crippen LogP) is 3.28. The first kappa shape index (κ1) is 23.3. The molecule has 10 heteroatoms. The van der Waals surface area contributed by atoms with Gasteiger partial charge in [0.1, 0.15) is 5.82 Å². The number of benzene rings is 2. The fourth-order valence-corrected chi connectivity index (χ4v) is 5.64. The van der Waals surface area contributed by atoms with E-state index in [4.69, 9.17) is 4.98 Å². The van der Waals surface area contributed by atoms with Crippen molar-refractivity contribution in [3.8, 4) is 0 Å². The van der Waals surface area contributed by atoms with Crippen LogP contribution in [0.3, 0.4) is 0 Å². The molecule has 4 rings (SSSR count). The van der Waals surface area contributed by atoms with Gasteiger partial charge in [-0.05, 0) is 48.6 Å². The lowest BCUT2D eigenvalue weighted by molar-refractivity contribution is -0.114. The van der Waals surface area contributed by atoms with Crippen LogP contribution in [-0.4, -0.2) is 43.3 Å². The molecule has 0 bridgehead atoms. The summed E-state index contributed by atoms with van der Waals surface area (Å²) < 4.78 is 32.5. The first-order valence-electron chi connectivity index (χ1n) is 10.9. The van der Waals surface area contributed by atoms with Gasteiger partial charge in [0, 0.05) is 50.2 Å². The number of amides is 1. The summed E-state index contributed by atoms with van der Waals surface area (Å²) in [7, 11) is -3.59. The minimum atomic E-state index is -3.59. The van der Waals surface area contributed by atoms with Gasteiger partial charge in [0.2, 0.25) is 21.1 Å². The van der Waals surface area contributed by atoms with Gasteiger partial charge in [0.25, 0.3) is 0 Å². The number of nitrogens with one attached hydrogen (secondary N) is 2. The van der Waals surface area contributed by atoms with Crippen LogP contribution < -0.4 is 14.9 Å². The van der Waals surface area contributed by atoms with Crippen LogP contribution in [0, 0.1) is 5.92 Å². The van der Waals surface area contributed by atoms with E-state index in [1.807, 2.05) is 18.2 Å². The second kappa shape index (κ2) is 10.4. The normalized spacial score (nSPS) is 14.9. The lowest BCUT2D eigenvalue weighted by Gasteiger charge is -2.31. The van der Waals surface area contributed by atoms with Gasteiger partial charge in [-0.15, -0.1) is 0 Å². The van der Waals surface area contributed by atoms with Gasteiger partial charge in [-0.25, -0.2) is 18.1 Å². The molecule has 174 valence electrons. The van der Waals surface area contributed by atoms with Crippen LogP contribution >= 0.6 is 11.5 Å². The SMILES string of the molecule is CC(=O)Nc1ccc(S(=O)(=O)NCC2CCN(c3nc(Cc4ccccc4)ns3)CC2)cc1. The second-order valence-corrected chi connectivity index (χ2v) is 10.6. The molecule has 1 aromatic heterocycles. The molecule has 0 radical (unpaired) electrons. The maximum absolute atomic E-state index is 12.6. The highest BCUT2D eigenvalue weighted by Gasteiger charge is 2.24. The van der Waals surface area contributed by atoms with E-state index in [1.165, 1.54) is 36.2 Å². The van der Waals surface area contributed by atoms with Crippen LogP contribution in [0.5, 0.6) is 0 Å². The van der Waals surface area contributed by atoms with Gasteiger partial charge >= 0.3 is 0 Å². The van der Waals surface area contributed by atoms with E-state index in [2.05, 4.69) is 31.4 Å². The average Bonchev–Trinajstić information content (AvgIpc) is 3.27. The molecule has 0 saturated carbocycles. The molecule has 1 saturated heterocycles. The number of anilines is 2. The highest BCUT2D eigenvalue weighted by atomic mass is 32.2.